The molecular weight excluding hydrogens is 590 g/mol. The maximum absolute atomic E-state index is 14.0. The summed E-state index contributed by atoms with van der Waals surface area (Å²) < 4.78 is 6.25. The smallest absolute Gasteiger partial charge is 0.418 e. The number of likely N-dealkylation sites (tertiary alicyclic amines) is 1. The number of carbonyl (C=O) groups is 5. The number of ether oxygens (including phenoxy) is 1. The summed E-state index contributed by atoms with van der Waals surface area (Å²) in [5.41, 5.74) is 0.751. The molecule has 1 fully saturated rings. The number of carbonyl (C=O) groups excluding carboxylic acids is 5. The zero-order valence-electron chi connectivity index (χ0n) is 28.2. The third-order valence-electron chi connectivity index (χ3n) is 8.53. The lowest BCUT2D eigenvalue weighted by Crippen LogP contribution is -2.60. The van der Waals surface area contributed by atoms with Crippen LogP contribution in [0.2, 0.25) is 0 Å². The Kier molecular flexibility index (Phi) is 12.6. The molecule has 1 aliphatic rings. The lowest BCUT2D eigenvalue weighted by atomic mass is 9.87. The minimum Gasteiger partial charge on any atom is -0.548 e. The SMILES string of the molecule is CCCC[C@H](NC(=O)[C@@H](Cc1cn(C(=O)OC)c2ccccc12)NC(=O)[C@@H](CC(C)(C)C)NC(=O)N1[C@H](C)CCC[C@@H]1C)C(=O)[O-]. The van der Waals surface area contributed by atoms with E-state index in [0.717, 1.165) is 25.7 Å². The third kappa shape index (κ3) is 9.46. The summed E-state index contributed by atoms with van der Waals surface area (Å²) in [5.74, 6) is -2.71. The first-order valence-electron chi connectivity index (χ1n) is 16.2. The molecule has 4 amide bonds. The summed E-state index contributed by atoms with van der Waals surface area (Å²) in [5, 5.41) is 20.9. The Morgan fingerprint density at radius 1 is 0.957 bits per heavy atom. The van der Waals surface area contributed by atoms with Crippen molar-refractivity contribution in [2.24, 2.45) is 5.41 Å². The Hall–Kier alpha value is -4.09. The number of benzene rings is 1. The fourth-order valence-electron chi connectivity index (χ4n) is 6.16. The predicted octanol–water partition coefficient (Wildman–Crippen LogP) is 3.49. The molecule has 46 heavy (non-hydrogen) atoms. The van der Waals surface area contributed by atoms with E-state index in [4.69, 9.17) is 4.74 Å². The normalized spacial score (nSPS) is 18.7. The largest absolute Gasteiger partial charge is 0.548 e. The molecule has 254 valence electrons. The van der Waals surface area contributed by atoms with Gasteiger partial charge in [0, 0.05) is 30.1 Å². The van der Waals surface area contributed by atoms with Crippen LogP contribution >= 0.6 is 0 Å². The van der Waals surface area contributed by atoms with Crippen LogP contribution in [0.4, 0.5) is 9.59 Å². The fraction of sp³-hybridized carbons (Fsp3) is 0.618. The average Bonchev–Trinajstić information content (AvgIpc) is 3.35. The molecule has 12 nitrogen and oxygen atoms in total. The number of carboxylic acids is 1. The second-order valence-corrected chi connectivity index (χ2v) is 13.6. The van der Waals surface area contributed by atoms with E-state index in [1.807, 2.05) is 41.5 Å². The van der Waals surface area contributed by atoms with Gasteiger partial charge >= 0.3 is 12.1 Å². The maximum Gasteiger partial charge on any atom is 0.418 e. The van der Waals surface area contributed by atoms with Crippen molar-refractivity contribution in [3.8, 4) is 0 Å². The lowest BCUT2D eigenvalue weighted by molar-refractivity contribution is -0.308. The highest BCUT2D eigenvalue weighted by molar-refractivity contribution is 5.95. The maximum atomic E-state index is 14.0. The van der Waals surface area contributed by atoms with Crippen LogP contribution in [0.1, 0.15) is 92.1 Å². The van der Waals surface area contributed by atoms with Crippen LogP contribution in [0.5, 0.6) is 0 Å². The standard InChI is InChI=1S/C34H51N5O7/c1-8-9-16-25(31(42)43)35-29(40)26(18-23-20-38(33(45)46-7)28-17-11-10-15-24(23)28)36-30(41)27(19-34(4,5)6)37-32(44)39-21(2)13-12-14-22(39)3/h10-11,15,17,20-22,25-27H,8-9,12-14,16,18-19H2,1-7H3,(H,35,40)(H,36,41)(H,37,44)(H,42,43)/p-1/t21-,22+,25-,26+,27+/m0/s1. The van der Waals surface area contributed by atoms with Crippen LogP contribution in [0, 0.1) is 5.41 Å². The number of methoxy groups -OCH3 is 1. The van der Waals surface area contributed by atoms with E-state index in [0.29, 0.717) is 22.9 Å². The van der Waals surface area contributed by atoms with E-state index in [-0.39, 0.29) is 42.8 Å². The Bertz CT molecular complexity index is 1390. The number of hydrogen-bond acceptors (Lipinski definition) is 7. The van der Waals surface area contributed by atoms with Gasteiger partial charge in [-0.25, -0.2) is 9.59 Å². The molecule has 0 radical (unpaired) electrons. The lowest BCUT2D eigenvalue weighted by Gasteiger charge is -2.40. The number of amides is 4. The van der Waals surface area contributed by atoms with Crippen molar-refractivity contribution in [3.63, 3.8) is 0 Å². The molecule has 0 aliphatic carbocycles. The predicted molar refractivity (Wildman–Crippen MR) is 173 cm³/mol. The number of aromatic nitrogens is 1. The van der Waals surface area contributed by atoms with E-state index >= 15 is 0 Å². The molecule has 3 rings (SSSR count). The number of urea groups is 1. The minimum atomic E-state index is -1.42. The molecule has 0 bridgehead atoms. The molecule has 0 spiro atoms. The molecule has 1 aliphatic heterocycles. The number of carboxylic acid groups (broad SMARTS) is 1. The summed E-state index contributed by atoms with van der Waals surface area (Å²) >= 11 is 0. The molecule has 1 saturated heterocycles. The zero-order chi connectivity index (χ0) is 34.2. The second-order valence-electron chi connectivity index (χ2n) is 13.6. The minimum absolute atomic E-state index is 0.0115. The Balaban J connectivity index is 1.97. The summed E-state index contributed by atoms with van der Waals surface area (Å²) in [4.78, 5) is 67.5. The van der Waals surface area contributed by atoms with Crippen molar-refractivity contribution in [1.82, 2.24) is 25.4 Å². The van der Waals surface area contributed by atoms with Crippen molar-refractivity contribution in [3.05, 3.63) is 36.0 Å². The highest BCUT2D eigenvalue weighted by atomic mass is 16.5. The number of nitrogens with one attached hydrogen (secondary N) is 3. The monoisotopic (exact) mass is 640 g/mol. The van der Waals surface area contributed by atoms with Crippen LogP contribution in [0.3, 0.4) is 0 Å². The number of aliphatic carboxylic acids is 1. The summed E-state index contributed by atoms with van der Waals surface area (Å²) in [6.45, 7) is 11.8. The van der Waals surface area contributed by atoms with Crippen LogP contribution < -0.4 is 21.1 Å². The molecule has 1 aromatic heterocycles. The van der Waals surface area contributed by atoms with Gasteiger partial charge in [0.15, 0.2) is 0 Å². The Labute approximate surface area is 271 Å². The molecule has 12 heteroatoms. The molecule has 2 aromatic rings. The third-order valence-corrected chi connectivity index (χ3v) is 8.53. The first-order chi connectivity index (χ1) is 21.7. The van der Waals surface area contributed by atoms with Gasteiger partial charge in [-0.05, 0) is 63.0 Å². The van der Waals surface area contributed by atoms with E-state index in [2.05, 4.69) is 16.0 Å². The average molecular weight is 641 g/mol. The highest BCUT2D eigenvalue weighted by Gasteiger charge is 2.35. The van der Waals surface area contributed by atoms with Gasteiger partial charge in [0.2, 0.25) is 11.8 Å². The van der Waals surface area contributed by atoms with Crippen molar-refractivity contribution in [1.29, 1.82) is 0 Å². The molecule has 3 N–H and O–H groups in total. The first kappa shape index (κ1) is 36.4. The van der Waals surface area contributed by atoms with Gasteiger partial charge < -0.3 is 35.5 Å². The second kappa shape index (κ2) is 16.0. The van der Waals surface area contributed by atoms with Gasteiger partial charge in [0.05, 0.1) is 24.6 Å². The number of piperidine rings is 1. The zero-order valence-corrected chi connectivity index (χ0v) is 28.2. The topological polar surface area (TPSA) is 162 Å². The Morgan fingerprint density at radius 2 is 1.57 bits per heavy atom. The number of unbranched alkanes of at least 4 members (excludes halogenated alkanes) is 1. The number of fused-ring (bicyclic) bond motifs is 1. The van der Waals surface area contributed by atoms with E-state index in [9.17, 15) is 29.1 Å². The van der Waals surface area contributed by atoms with Crippen molar-refractivity contribution < 1.29 is 33.8 Å². The highest BCUT2D eigenvalue weighted by Crippen LogP contribution is 2.26. The van der Waals surface area contributed by atoms with E-state index in [1.54, 1.807) is 35.4 Å². The molecular formula is C34H50N5O7-. The molecule has 5 atom stereocenters. The number of hydrogen-bond donors (Lipinski definition) is 3. The van der Waals surface area contributed by atoms with Crippen LogP contribution in [-0.2, 0) is 25.5 Å². The van der Waals surface area contributed by atoms with Crippen molar-refractivity contribution in [2.75, 3.05) is 7.11 Å². The number of nitrogens with zero attached hydrogens (tertiary/aromatic N) is 2. The van der Waals surface area contributed by atoms with Gasteiger partial charge in [0.25, 0.3) is 0 Å². The fourth-order valence-corrected chi connectivity index (χ4v) is 6.16. The summed E-state index contributed by atoms with van der Waals surface area (Å²) in [6.07, 6.45) is 5.34. The van der Waals surface area contributed by atoms with Crippen LogP contribution in [0.25, 0.3) is 10.9 Å². The van der Waals surface area contributed by atoms with Crippen LogP contribution in [-0.4, -0.2) is 76.7 Å². The quantitative estimate of drug-likeness (QED) is 0.320. The number of para-hydroxylation sites is 1. The van der Waals surface area contributed by atoms with Gasteiger partial charge in [-0.2, -0.15) is 0 Å². The van der Waals surface area contributed by atoms with E-state index in [1.165, 1.54) is 11.7 Å². The van der Waals surface area contributed by atoms with Crippen molar-refractivity contribution in [2.45, 2.75) is 123 Å². The van der Waals surface area contributed by atoms with Gasteiger partial charge in [-0.3, -0.25) is 14.2 Å². The number of rotatable bonds is 12. The van der Waals surface area contributed by atoms with Gasteiger partial charge in [-0.1, -0.05) is 58.7 Å². The Morgan fingerprint density at radius 3 is 2.15 bits per heavy atom. The first-order valence-corrected chi connectivity index (χ1v) is 16.2. The summed E-state index contributed by atoms with van der Waals surface area (Å²) in [6, 6.07) is 3.29. The van der Waals surface area contributed by atoms with Gasteiger partial charge in [0.1, 0.15) is 12.1 Å². The summed E-state index contributed by atoms with van der Waals surface area (Å²) in [7, 11) is 1.26. The van der Waals surface area contributed by atoms with Crippen LogP contribution in [0.15, 0.2) is 30.5 Å². The molecule has 0 saturated carbocycles. The molecule has 2 heterocycles. The molecule has 1 aromatic carbocycles. The van der Waals surface area contributed by atoms with Crippen molar-refractivity contribution >= 4 is 40.8 Å². The molecule has 0 unspecified atom stereocenters. The van der Waals surface area contributed by atoms with Gasteiger partial charge in [-0.15, -0.1) is 0 Å². The van der Waals surface area contributed by atoms with E-state index < -0.39 is 42.0 Å².